The third-order valence-corrected chi connectivity index (χ3v) is 8.38. The van der Waals surface area contributed by atoms with Crippen molar-refractivity contribution in [3.63, 3.8) is 0 Å². The molecule has 1 aliphatic heterocycles. The van der Waals surface area contributed by atoms with Crippen molar-refractivity contribution in [2.24, 2.45) is 22.7 Å². The second kappa shape index (κ2) is 12.3. The van der Waals surface area contributed by atoms with Crippen molar-refractivity contribution in [3.05, 3.63) is 145 Å². The van der Waals surface area contributed by atoms with Crippen molar-refractivity contribution in [2.75, 3.05) is 4.90 Å². The van der Waals surface area contributed by atoms with Crippen LogP contribution in [0.4, 0.5) is 17.1 Å². The molecule has 0 fully saturated rings. The standard InChI is InChI=1S/C38H38N2/c1-2-29-26-33(30-16-7-3-8-17-30)28-37(39-38(29)31-18-9-4-10-19-31)32-20-15-25-36(27-32)40(34-21-11-5-12-22-34)35-23-13-6-14-24-35/h3-9,11-16,18,20-25,27-30,33H,2,10,17,19,26H2,1H3. The lowest BCUT2D eigenvalue weighted by Gasteiger charge is -2.26. The summed E-state index contributed by atoms with van der Waals surface area (Å²) in [6, 6.07) is 30.2. The minimum atomic E-state index is 0.449. The van der Waals surface area contributed by atoms with Gasteiger partial charge in [0.15, 0.2) is 0 Å². The van der Waals surface area contributed by atoms with Crippen LogP contribution in [0, 0.1) is 17.8 Å². The van der Waals surface area contributed by atoms with Crippen LogP contribution < -0.4 is 4.90 Å². The molecule has 3 unspecified atom stereocenters. The highest BCUT2D eigenvalue weighted by Gasteiger charge is 2.29. The average Bonchev–Trinajstić information content (AvgIpc) is 3.24. The Hall–Kier alpha value is -4.17. The number of hydrogen-bond acceptors (Lipinski definition) is 2. The molecule has 3 atom stereocenters. The third kappa shape index (κ3) is 5.72. The lowest BCUT2D eigenvalue weighted by molar-refractivity contribution is 0.402. The highest BCUT2D eigenvalue weighted by atomic mass is 15.1. The Labute approximate surface area is 239 Å². The Morgan fingerprint density at radius 1 is 0.775 bits per heavy atom. The van der Waals surface area contributed by atoms with Gasteiger partial charge in [0.1, 0.15) is 0 Å². The molecule has 3 aromatic rings. The summed E-state index contributed by atoms with van der Waals surface area (Å²) in [4.78, 5) is 7.86. The summed E-state index contributed by atoms with van der Waals surface area (Å²) in [7, 11) is 0. The molecular formula is C38H38N2. The van der Waals surface area contributed by atoms with Gasteiger partial charge in [-0.2, -0.15) is 0 Å². The third-order valence-electron chi connectivity index (χ3n) is 8.38. The molecule has 2 nitrogen and oxygen atoms in total. The number of nitrogens with zero attached hydrogens (tertiary/aromatic N) is 2. The lowest BCUT2D eigenvalue weighted by atomic mass is 9.77. The zero-order chi connectivity index (χ0) is 27.1. The summed E-state index contributed by atoms with van der Waals surface area (Å²) in [5.41, 5.74) is 8.42. The molecule has 0 bridgehead atoms. The normalized spacial score (nSPS) is 22.2. The van der Waals surface area contributed by atoms with Gasteiger partial charge in [0, 0.05) is 34.3 Å². The van der Waals surface area contributed by atoms with E-state index < -0.39 is 0 Å². The number of rotatable bonds is 7. The maximum Gasteiger partial charge on any atom is 0.0669 e. The molecular weight excluding hydrogens is 484 g/mol. The van der Waals surface area contributed by atoms with E-state index in [0.717, 1.165) is 54.9 Å². The molecule has 0 saturated heterocycles. The van der Waals surface area contributed by atoms with Gasteiger partial charge in [-0.3, -0.25) is 4.99 Å². The predicted octanol–water partition coefficient (Wildman–Crippen LogP) is 10.4. The van der Waals surface area contributed by atoms with Gasteiger partial charge in [-0.1, -0.05) is 104 Å². The van der Waals surface area contributed by atoms with Gasteiger partial charge in [0.05, 0.1) is 5.70 Å². The molecule has 40 heavy (non-hydrogen) atoms. The van der Waals surface area contributed by atoms with Crippen molar-refractivity contribution in [3.8, 4) is 0 Å². The van der Waals surface area contributed by atoms with E-state index in [0.29, 0.717) is 17.8 Å². The van der Waals surface area contributed by atoms with Crippen molar-refractivity contribution in [1.82, 2.24) is 0 Å². The minimum Gasteiger partial charge on any atom is -0.310 e. The van der Waals surface area contributed by atoms with E-state index in [2.05, 4.69) is 145 Å². The van der Waals surface area contributed by atoms with Gasteiger partial charge >= 0.3 is 0 Å². The molecule has 3 aliphatic rings. The Balaban J connectivity index is 1.46. The summed E-state index contributed by atoms with van der Waals surface area (Å²) in [5.74, 6) is 1.42. The van der Waals surface area contributed by atoms with Gasteiger partial charge in [-0.05, 0) is 85.9 Å². The number of para-hydroxylation sites is 2. The fourth-order valence-corrected chi connectivity index (χ4v) is 6.26. The topological polar surface area (TPSA) is 15.6 Å². The van der Waals surface area contributed by atoms with Crippen LogP contribution in [-0.4, -0.2) is 5.71 Å². The predicted molar refractivity (Wildman–Crippen MR) is 171 cm³/mol. The molecule has 0 saturated carbocycles. The van der Waals surface area contributed by atoms with E-state index >= 15 is 0 Å². The van der Waals surface area contributed by atoms with E-state index in [1.54, 1.807) is 0 Å². The maximum atomic E-state index is 5.53. The second-order valence-electron chi connectivity index (χ2n) is 11.0. The average molecular weight is 523 g/mol. The van der Waals surface area contributed by atoms with Crippen LogP contribution in [0.25, 0.3) is 5.70 Å². The molecule has 1 heterocycles. The first-order valence-corrected chi connectivity index (χ1v) is 14.8. The van der Waals surface area contributed by atoms with Crippen LogP contribution in [-0.2, 0) is 0 Å². The summed E-state index contributed by atoms with van der Waals surface area (Å²) < 4.78 is 0. The molecule has 0 N–H and O–H groups in total. The number of aliphatic imine (C=N–C) groups is 1. The zero-order valence-electron chi connectivity index (χ0n) is 23.4. The molecule has 0 spiro atoms. The van der Waals surface area contributed by atoms with E-state index in [1.807, 2.05) is 0 Å². The first-order chi connectivity index (χ1) is 19.8. The lowest BCUT2D eigenvalue weighted by Crippen LogP contribution is -2.21. The van der Waals surface area contributed by atoms with Crippen molar-refractivity contribution in [1.29, 1.82) is 0 Å². The molecule has 0 amide bonds. The fourth-order valence-electron chi connectivity index (χ4n) is 6.26. The molecule has 0 radical (unpaired) electrons. The van der Waals surface area contributed by atoms with Crippen LogP contribution in [0.2, 0.25) is 0 Å². The SMILES string of the molecule is CCC1CC(C2C=CC=CC2)C=C(c2cccc(N(c3ccccc3)c3ccccc3)c2)N=C1C1=CC=CCC1. The largest absolute Gasteiger partial charge is 0.310 e. The quantitative estimate of drug-likeness (QED) is 0.301. The first-order valence-electron chi connectivity index (χ1n) is 14.8. The second-order valence-corrected chi connectivity index (χ2v) is 11.0. The molecule has 0 aromatic heterocycles. The van der Waals surface area contributed by atoms with Crippen molar-refractivity contribution < 1.29 is 0 Å². The number of benzene rings is 3. The van der Waals surface area contributed by atoms with E-state index in [-0.39, 0.29) is 0 Å². The van der Waals surface area contributed by atoms with Gasteiger partial charge in [0.2, 0.25) is 0 Å². The highest BCUT2D eigenvalue weighted by molar-refractivity contribution is 6.05. The Bertz CT molecular complexity index is 1450. The van der Waals surface area contributed by atoms with Crippen LogP contribution in [0.15, 0.2) is 144 Å². The Morgan fingerprint density at radius 2 is 1.52 bits per heavy atom. The molecule has 3 aromatic carbocycles. The summed E-state index contributed by atoms with van der Waals surface area (Å²) in [6.07, 6.45) is 23.9. The van der Waals surface area contributed by atoms with E-state index in [1.165, 1.54) is 16.8 Å². The number of allylic oxidation sites excluding steroid dienone is 9. The Kier molecular flexibility index (Phi) is 8.05. The highest BCUT2D eigenvalue weighted by Crippen LogP contribution is 2.40. The van der Waals surface area contributed by atoms with Gasteiger partial charge in [-0.25, -0.2) is 0 Å². The zero-order valence-corrected chi connectivity index (χ0v) is 23.4. The van der Waals surface area contributed by atoms with Crippen LogP contribution >= 0.6 is 0 Å². The van der Waals surface area contributed by atoms with Crippen LogP contribution in [0.3, 0.4) is 0 Å². The molecule has 6 rings (SSSR count). The van der Waals surface area contributed by atoms with Gasteiger partial charge in [0.25, 0.3) is 0 Å². The minimum absolute atomic E-state index is 0.449. The monoisotopic (exact) mass is 522 g/mol. The van der Waals surface area contributed by atoms with E-state index in [9.17, 15) is 0 Å². The van der Waals surface area contributed by atoms with Crippen LogP contribution in [0.1, 0.15) is 44.6 Å². The smallest absolute Gasteiger partial charge is 0.0669 e. The maximum absolute atomic E-state index is 5.53. The summed E-state index contributed by atoms with van der Waals surface area (Å²) in [5, 5.41) is 0. The van der Waals surface area contributed by atoms with Gasteiger partial charge in [-0.15, -0.1) is 0 Å². The van der Waals surface area contributed by atoms with Crippen molar-refractivity contribution >= 4 is 28.5 Å². The number of anilines is 3. The summed E-state index contributed by atoms with van der Waals surface area (Å²) in [6.45, 7) is 2.33. The molecule has 2 aliphatic carbocycles. The van der Waals surface area contributed by atoms with Gasteiger partial charge < -0.3 is 4.90 Å². The summed E-state index contributed by atoms with van der Waals surface area (Å²) >= 11 is 0. The first kappa shape index (κ1) is 26.1. The van der Waals surface area contributed by atoms with E-state index in [4.69, 9.17) is 4.99 Å². The van der Waals surface area contributed by atoms with Crippen LogP contribution in [0.5, 0.6) is 0 Å². The van der Waals surface area contributed by atoms with Crippen molar-refractivity contribution in [2.45, 2.75) is 39.0 Å². The number of hydrogen-bond donors (Lipinski definition) is 0. The Morgan fingerprint density at radius 3 is 2.17 bits per heavy atom. The fraction of sp³-hybridized carbons (Fsp3) is 0.237. The molecule has 200 valence electrons. The molecule has 2 heteroatoms.